The number of sulfonamides is 1. The topological polar surface area (TPSA) is 160 Å². The SMILES string of the molecule is CS(=O)(=O)N[C@H](CCC1CCNCC1)C(=O)N1C[C@H](OCc2ccc(Cl)cc2)C[C@H]1C(=O)N[C@@H](Cc1cccc(F)c1)C(=O)c1nc2ccccc2o1. The van der Waals surface area contributed by atoms with Gasteiger partial charge in [-0.3, -0.25) is 14.4 Å². The summed E-state index contributed by atoms with van der Waals surface area (Å²) in [6.07, 6.45) is 3.09. The largest absolute Gasteiger partial charge is 0.434 e. The van der Waals surface area contributed by atoms with Crippen molar-refractivity contribution in [2.24, 2.45) is 5.92 Å². The number of ketones is 1. The van der Waals surface area contributed by atoms with E-state index in [9.17, 15) is 27.2 Å². The van der Waals surface area contributed by atoms with Crippen LogP contribution in [0.2, 0.25) is 5.02 Å². The van der Waals surface area contributed by atoms with Gasteiger partial charge in [-0.25, -0.2) is 22.5 Å². The number of aromatic nitrogens is 1. The summed E-state index contributed by atoms with van der Waals surface area (Å²) in [5.74, 6) is -2.27. The number of rotatable bonds is 15. The molecule has 3 N–H and O–H groups in total. The normalized spacial score (nSPS) is 19.3. The molecular weight excluding hydrogens is 725 g/mol. The van der Waals surface area contributed by atoms with E-state index in [1.807, 2.05) is 12.1 Å². The van der Waals surface area contributed by atoms with E-state index in [4.69, 9.17) is 20.8 Å². The van der Waals surface area contributed by atoms with Gasteiger partial charge in [-0.05, 0) is 92.2 Å². The highest BCUT2D eigenvalue weighted by molar-refractivity contribution is 7.88. The Morgan fingerprint density at radius 2 is 1.79 bits per heavy atom. The van der Waals surface area contributed by atoms with Crippen LogP contribution in [0.4, 0.5) is 4.39 Å². The maximum Gasteiger partial charge on any atom is 0.266 e. The zero-order valence-electron chi connectivity index (χ0n) is 29.3. The Morgan fingerprint density at radius 3 is 2.51 bits per heavy atom. The Labute approximate surface area is 312 Å². The molecule has 3 aromatic carbocycles. The van der Waals surface area contributed by atoms with E-state index in [-0.39, 0.29) is 38.3 Å². The second kappa shape index (κ2) is 17.3. The predicted molar refractivity (Wildman–Crippen MR) is 197 cm³/mol. The fourth-order valence-corrected chi connectivity index (χ4v) is 7.83. The van der Waals surface area contributed by atoms with Crippen molar-refractivity contribution in [1.82, 2.24) is 25.2 Å². The summed E-state index contributed by atoms with van der Waals surface area (Å²) >= 11 is 6.05. The zero-order chi connectivity index (χ0) is 37.5. The fraction of sp³-hybridized carbons (Fsp3) is 0.421. The molecule has 4 atom stereocenters. The number of carbonyl (C=O) groups is 3. The number of likely N-dealkylation sites (tertiary alicyclic amines) is 1. The summed E-state index contributed by atoms with van der Waals surface area (Å²) in [6.45, 7) is 1.89. The first-order valence-corrected chi connectivity index (χ1v) is 20.0. The number of fused-ring (bicyclic) bond motifs is 1. The second-order valence-electron chi connectivity index (χ2n) is 13.8. The average Bonchev–Trinajstić information content (AvgIpc) is 3.77. The van der Waals surface area contributed by atoms with E-state index < -0.39 is 57.7 Å². The number of Topliss-reactive ketones (excluding diaryl/α,β-unsaturated/α-hetero) is 1. The molecule has 2 amide bonds. The van der Waals surface area contributed by atoms with Crippen LogP contribution in [0.15, 0.2) is 77.2 Å². The molecule has 0 radical (unpaired) electrons. The van der Waals surface area contributed by atoms with Crippen LogP contribution in [0.25, 0.3) is 11.1 Å². The van der Waals surface area contributed by atoms with Crippen LogP contribution in [0.3, 0.4) is 0 Å². The summed E-state index contributed by atoms with van der Waals surface area (Å²) in [4.78, 5) is 48.3. The molecule has 282 valence electrons. The molecule has 6 rings (SSSR count). The Hall–Kier alpha value is -4.21. The smallest absolute Gasteiger partial charge is 0.266 e. The Kier molecular flexibility index (Phi) is 12.6. The lowest BCUT2D eigenvalue weighted by molar-refractivity contribution is -0.140. The van der Waals surface area contributed by atoms with E-state index in [0.717, 1.165) is 37.8 Å². The summed E-state index contributed by atoms with van der Waals surface area (Å²) in [5.41, 5.74) is 2.11. The molecule has 1 aromatic heterocycles. The van der Waals surface area contributed by atoms with Crippen LogP contribution in [-0.4, -0.2) is 86.0 Å². The molecule has 0 spiro atoms. The zero-order valence-corrected chi connectivity index (χ0v) is 30.9. The van der Waals surface area contributed by atoms with Crippen LogP contribution in [-0.2, 0) is 37.4 Å². The van der Waals surface area contributed by atoms with Crippen molar-refractivity contribution < 1.29 is 36.3 Å². The van der Waals surface area contributed by atoms with Crippen LogP contribution < -0.4 is 15.4 Å². The Bertz CT molecular complexity index is 1990. The molecular formula is C38H43ClFN5O7S. The lowest BCUT2D eigenvalue weighted by Crippen LogP contribution is -2.55. The van der Waals surface area contributed by atoms with Gasteiger partial charge in [0.1, 0.15) is 29.5 Å². The van der Waals surface area contributed by atoms with Gasteiger partial charge in [0.2, 0.25) is 27.6 Å². The molecule has 0 bridgehead atoms. The lowest BCUT2D eigenvalue weighted by atomic mass is 9.91. The van der Waals surface area contributed by atoms with Gasteiger partial charge in [-0.1, -0.05) is 48.0 Å². The third kappa shape index (κ3) is 10.5. The first-order chi connectivity index (χ1) is 25.4. The second-order valence-corrected chi connectivity index (χ2v) is 16.0. The number of nitrogens with one attached hydrogen (secondary N) is 3. The molecule has 0 saturated carbocycles. The number of benzene rings is 3. The summed E-state index contributed by atoms with van der Waals surface area (Å²) in [5, 5.41) is 6.68. The molecule has 12 nitrogen and oxygen atoms in total. The highest BCUT2D eigenvalue weighted by atomic mass is 35.5. The van der Waals surface area contributed by atoms with Gasteiger partial charge in [0.25, 0.3) is 5.89 Å². The van der Waals surface area contributed by atoms with E-state index >= 15 is 0 Å². The van der Waals surface area contributed by atoms with Crippen molar-refractivity contribution in [3.63, 3.8) is 0 Å². The van der Waals surface area contributed by atoms with Gasteiger partial charge in [0.05, 0.1) is 19.0 Å². The van der Waals surface area contributed by atoms with E-state index in [0.29, 0.717) is 34.0 Å². The number of nitrogens with zero attached hydrogens (tertiary/aromatic N) is 2. The van der Waals surface area contributed by atoms with Gasteiger partial charge in [0, 0.05) is 24.4 Å². The third-order valence-electron chi connectivity index (χ3n) is 9.69. The number of hydrogen-bond donors (Lipinski definition) is 3. The Balaban J connectivity index is 1.26. The summed E-state index contributed by atoms with van der Waals surface area (Å²) in [6, 6.07) is 16.1. The molecule has 3 heterocycles. The molecule has 2 aliphatic rings. The third-order valence-corrected chi connectivity index (χ3v) is 10.7. The quantitative estimate of drug-likeness (QED) is 0.149. The minimum absolute atomic E-state index is 0.00738. The maximum atomic E-state index is 14.3. The van der Waals surface area contributed by atoms with Crippen LogP contribution in [0.5, 0.6) is 0 Å². The molecule has 2 aliphatic heterocycles. The van der Waals surface area contributed by atoms with Crippen molar-refractivity contribution in [3.8, 4) is 0 Å². The van der Waals surface area contributed by atoms with Gasteiger partial charge in [-0.15, -0.1) is 0 Å². The summed E-state index contributed by atoms with van der Waals surface area (Å²) in [7, 11) is -3.81. The van der Waals surface area contributed by atoms with Crippen molar-refractivity contribution in [3.05, 3.63) is 101 Å². The maximum absolute atomic E-state index is 14.3. The van der Waals surface area contributed by atoms with Crippen LogP contribution in [0, 0.1) is 11.7 Å². The number of hydrogen-bond acceptors (Lipinski definition) is 9. The van der Waals surface area contributed by atoms with E-state index in [1.54, 1.807) is 42.5 Å². The van der Waals surface area contributed by atoms with Gasteiger partial charge in [0.15, 0.2) is 5.58 Å². The number of carbonyl (C=O) groups excluding carboxylic acids is 3. The molecule has 15 heteroatoms. The predicted octanol–water partition coefficient (Wildman–Crippen LogP) is 4.41. The van der Waals surface area contributed by atoms with Crippen molar-refractivity contribution in [2.75, 3.05) is 25.9 Å². The molecule has 2 fully saturated rings. The number of piperidine rings is 1. The van der Waals surface area contributed by atoms with Gasteiger partial charge >= 0.3 is 0 Å². The monoisotopic (exact) mass is 767 g/mol. The van der Waals surface area contributed by atoms with E-state index in [1.165, 1.54) is 23.1 Å². The summed E-state index contributed by atoms with van der Waals surface area (Å²) < 4.78 is 53.7. The number of oxazole rings is 1. The first kappa shape index (κ1) is 38.5. The lowest BCUT2D eigenvalue weighted by Gasteiger charge is -2.30. The highest BCUT2D eigenvalue weighted by Crippen LogP contribution is 2.27. The minimum Gasteiger partial charge on any atom is -0.434 e. The molecule has 0 unspecified atom stereocenters. The van der Waals surface area contributed by atoms with Crippen molar-refractivity contribution in [2.45, 2.75) is 69.4 Å². The van der Waals surface area contributed by atoms with Crippen LogP contribution >= 0.6 is 11.6 Å². The van der Waals surface area contributed by atoms with Gasteiger partial charge < -0.3 is 24.7 Å². The number of halogens is 2. The molecule has 53 heavy (non-hydrogen) atoms. The van der Waals surface area contributed by atoms with Crippen molar-refractivity contribution >= 4 is 50.3 Å². The average molecular weight is 768 g/mol. The van der Waals surface area contributed by atoms with Crippen molar-refractivity contribution in [1.29, 1.82) is 0 Å². The highest BCUT2D eigenvalue weighted by Gasteiger charge is 2.44. The van der Waals surface area contributed by atoms with E-state index in [2.05, 4.69) is 20.3 Å². The number of amides is 2. The fourth-order valence-electron chi connectivity index (χ4n) is 6.97. The minimum atomic E-state index is -3.81. The first-order valence-electron chi connectivity index (χ1n) is 17.7. The van der Waals surface area contributed by atoms with Gasteiger partial charge in [-0.2, -0.15) is 0 Å². The number of para-hydroxylation sites is 2. The number of ether oxygens (including phenoxy) is 1. The standard InChI is InChI=1S/C38H43ClFN5O7S/c1-53(49,50)44-31(14-11-24-15-17-41-18-16-24)38(48)45-22-29(51-23-25-9-12-27(39)13-10-25)21-33(45)36(47)42-32(20-26-5-4-6-28(40)19-26)35(46)37-43-30-7-2-3-8-34(30)52-37/h2-10,12-13,19,24,29,31-33,41,44H,11,14-18,20-23H2,1H3,(H,42,47)/t29-,31-,32+,33+/m1/s1. The Morgan fingerprint density at radius 1 is 1.04 bits per heavy atom. The van der Waals surface area contributed by atoms with Crippen LogP contribution in [0.1, 0.15) is 53.9 Å². The molecule has 2 saturated heterocycles. The molecule has 0 aliphatic carbocycles. The molecule has 4 aromatic rings.